The second-order valence-electron chi connectivity index (χ2n) is 6.49. The summed E-state index contributed by atoms with van der Waals surface area (Å²) in [6.45, 7) is 1.58. The van der Waals surface area contributed by atoms with Crippen LogP contribution in [0.2, 0.25) is 0 Å². The number of nitrogens with one attached hydrogen (secondary N) is 2. The summed E-state index contributed by atoms with van der Waals surface area (Å²) in [6.07, 6.45) is 0.777. The van der Waals surface area contributed by atoms with Crippen molar-refractivity contribution in [2.45, 2.75) is 25.4 Å². The van der Waals surface area contributed by atoms with Crippen LogP contribution in [0.4, 0.5) is 4.79 Å². The SMILES string of the molecule is COc1ccc(CN2C(=O)N[C@H](CC(=O)NCCCN(C)C)C2=O)cc1. The Kier molecular flexibility index (Phi) is 6.97. The first-order valence-corrected chi connectivity index (χ1v) is 8.57. The predicted octanol–water partition coefficient (Wildman–Crippen LogP) is 0.574. The molecule has 26 heavy (non-hydrogen) atoms. The molecule has 1 aliphatic rings. The molecule has 0 unspecified atom stereocenters. The zero-order chi connectivity index (χ0) is 19.1. The van der Waals surface area contributed by atoms with Crippen LogP contribution in [0.1, 0.15) is 18.4 Å². The lowest BCUT2D eigenvalue weighted by Gasteiger charge is -2.13. The number of methoxy groups -OCH3 is 1. The molecular formula is C18H26N4O4. The summed E-state index contributed by atoms with van der Waals surface area (Å²) >= 11 is 0. The third-order valence-electron chi connectivity index (χ3n) is 4.10. The first-order chi connectivity index (χ1) is 12.4. The number of hydrogen-bond acceptors (Lipinski definition) is 5. The fraction of sp³-hybridized carbons (Fsp3) is 0.500. The molecule has 8 heteroatoms. The molecule has 2 N–H and O–H groups in total. The zero-order valence-electron chi connectivity index (χ0n) is 15.4. The molecule has 1 saturated heterocycles. The number of rotatable bonds is 9. The molecule has 8 nitrogen and oxygen atoms in total. The van der Waals surface area contributed by atoms with Gasteiger partial charge >= 0.3 is 6.03 Å². The van der Waals surface area contributed by atoms with E-state index in [0.29, 0.717) is 12.3 Å². The second-order valence-corrected chi connectivity index (χ2v) is 6.49. The van der Waals surface area contributed by atoms with Crippen molar-refractivity contribution in [3.63, 3.8) is 0 Å². The molecule has 0 spiro atoms. The third kappa shape index (κ3) is 5.45. The molecule has 1 atom stereocenters. The maximum atomic E-state index is 12.4. The Morgan fingerprint density at radius 2 is 1.96 bits per heavy atom. The van der Waals surface area contributed by atoms with Gasteiger partial charge in [0.05, 0.1) is 20.1 Å². The van der Waals surface area contributed by atoms with Gasteiger partial charge in [-0.1, -0.05) is 12.1 Å². The van der Waals surface area contributed by atoms with Crippen LogP contribution < -0.4 is 15.4 Å². The lowest BCUT2D eigenvalue weighted by Crippen LogP contribution is -2.37. The lowest BCUT2D eigenvalue weighted by atomic mass is 10.1. The Bertz CT molecular complexity index is 645. The molecule has 0 aromatic heterocycles. The van der Waals surface area contributed by atoms with Gasteiger partial charge in [0, 0.05) is 6.54 Å². The highest BCUT2D eigenvalue weighted by atomic mass is 16.5. The Labute approximate surface area is 153 Å². The summed E-state index contributed by atoms with van der Waals surface area (Å²) in [5.74, 6) is 0.0812. The summed E-state index contributed by atoms with van der Waals surface area (Å²) in [5.41, 5.74) is 0.808. The van der Waals surface area contributed by atoms with Gasteiger partial charge in [0.2, 0.25) is 5.91 Å². The Hall–Kier alpha value is -2.61. The summed E-state index contributed by atoms with van der Waals surface area (Å²) in [5, 5.41) is 5.36. The van der Waals surface area contributed by atoms with Crippen LogP contribution in [0.25, 0.3) is 0 Å². The Balaban J connectivity index is 1.84. The van der Waals surface area contributed by atoms with Crippen molar-refractivity contribution in [1.82, 2.24) is 20.4 Å². The van der Waals surface area contributed by atoms with Gasteiger partial charge in [-0.15, -0.1) is 0 Å². The molecule has 1 aromatic carbocycles. The number of urea groups is 1. The van der Waals surface area contributed by atoms with Gasteiger partial charge in [0.1, 0.15) is 11.8 Å². The molecular weight excluding hydrogens is 336 g/mol. The first-order valence-electron chi connectivity index (χ1n) is 8.57. The molecule has 0 saturated carbocycles. The van der Waals surface area contributed by atoms with E-state index >= 15 is 0 Å². The van der Waals surface area contributed by atoms with Crippen LogP contribution in [-0.2, 0) is 16.1 Å². The van der Waals surface area contributed by atoms with E-state index in [4.69, 9.17) is 4.74 Å². The van der Waals surface area contributed by atoms with E-state index in [9.17, 15) is 14.4 Å². The largest absolute Gasteiger partial charge is 0.497 e. The minimum absolute atomic E-state index is 0.0500. The highest BCUT2D eigenvalue weighted by molar-refractivity contribution is 6.05. The maximum absolute atomic E-state index is 12.4. The first kappa shape index (κ1) is 19.7. The number of nitrogens with zero attached hydrogens (tertiary/aromatic N) is 2. The highest BCUT2D eigenvalue weighted by Crippen LogP contribution is 2.17. The predicted molar refractivity (Wildman–Crippen MR) is 96.7 cm³/mol. The van der Waals surface area contributed by atoms with Crippen molar-refractivity contribution < 1.29 is 19.1 Å². The average Bonchev–Trinajstić information content (AvgIpc) is 2.86. The number of carbonyl (C=O) groups excluding carboxylic acids is 3. The number of carbonyl (C=O) groups is 3. The van der Waals surface area contributed by atoms with E-state index in [1.807, 2.05) is 19.0 Å². The van der Waals surface area contributed by atoms with E-state index in [1.165, 1.54) is 0 Å². The highest BCUT2D eigenvalue weighted by Gasteiger charge is 2.38. The van der Waals surface area contributed by atoms with Gasteiger partial charge < -0.3 is 20.3 Å². The minimum atomic E-state index is -0.811. The summed E-state index contributed by atoms with van der Waals surface area (Å²) in [4.78, 5) is 39.6. The van der Waals surface area contributed by atoms with Crippen molar-refractivity contribution in [1.29, 1.82) is 0 Å². The number of hydrogen-bond donors (Lipinski definition) is 2. The van der Waals surface area contributed by atoms with Crippen molar-refractivity contribution in [3.05, 3.63) is 29.8 Å². The molecule has 0 radical (unpaired) electrons. The minimum Gasteiger partial charge on any atom is -0.497 e. The normalized spacial score (nSPS) is 16.8. The van der Waals surface area contributed by atoms with Crippen molar-refractivity contribution in [3.8, 4) is 5.75 Å². The number of ether oxygens (including phenoxy) is 1. The van der Waals surface area contributed by atoms with Crippen LogP contribution in [0.5, 0.6) is 5.75 Å². The monoisotopic (exact) mass is 362 g/mol. The Morgan fingerprint density at radius 3 is 2.58 bits per heavy atom. The molecule has 4 amide bonds. The van der Waals surface area contributed by atoms with Crippen molar-refractivity contribution >= 4 is 17.8 Å². The molecule has 0 aliphatic carbocycles. The molecule has 1 fully saturated rings. The molecule has 1 aromatic rings. The van der Waals surface area contributed by atoms with E-state index in [0.717, 1.165) is 23.4 Å². The van der Waals surface area contributed by atoms with Crippen LogP contribution in [0.15, 0.2) is 24.3 Å². The van der Waals surface area contributed by atoms with Crippen molar-refractivity contribution in [2.24, 2.45) is 0 Å². The van der Waals surface area contributed by atoms with Gasteiger partial charge in [-0.25, -0.2) is 4.79 Å². The topological polar surface area (TPSA) is 91.0 Å². The summed E-state index contributed by atoms with van der Waals surface area (Å²) in [7, 11) is 5.50. The van der Waals surface area contributed by atoms with Crippen molar-refractivity contribution in [2.75, 3.05) is 34.3 Å². The number of imide groups is 1. The molecule has 0 bridgehead atoms. The fourth-order valence-electron chi connectivity index (χ4n) is 2.66. The van der Waals surface area contributed by atoms with E-state index < -0.39 is 12.1 Å². The van der Waals surface area contributed by atoms with Gasteiger partial charge in [0.25, 0.3) is 5.91 Å². The summed E-state index contributed by atoms with van der Waals surface area (Å²) < 4.78 is 5.09. The molecule has 142 valence electrons. The van der Waals surface area contributed by atoms with E-state index in [-0.39, 0.29) is 24.8 Å². The molecule has 1 aliphatic heterocycles. The standard InChI is InChI=1S/C18H26N4O4/c1-21(2)10-4-9-19-16(23)11-15-17(24)22(18(25)20-15)12-13-5-7-14(26-3)8-6-13/h5-8,15H,4,9-12H2,1-3H3,(H,19,23)(H,20,25)/t15-/m1/s1. The Morgan fingerprint density at radius 1 is 1.27 bits per heavy atom. The van der Waals surface area contributed by atoms with Gasteiger partial charge in [-0.2, -0.15) is 0 Å². The second kappa shape index (κ2) is 9.19. The zero-order valence-corrected chi connectivity index (χ0v) is 15.4. The summed E-state index contributed by atoms with van der Waals surface area (Å²) in [6, 6.07) is 5.85. The van der Waals surface area contributed by atoms with Gasteiger partial charge in [-0.3, -0.25) is 14.5 Å². The number of amides is 4. The van der Waals surface area contributed by atoms with Crippen LogP contribution >= 0.6 is 0 Å². The maximum Gasteiger partial charge on any atom is 0.325 e. The van der Waals surface area contributed by atoms with Gasteiger partial charge in [-0.05, 0) is 44.8 Å². The average molecular weight is 362 g/mol. The van der Waals surface area contributed by atoms with Gasteiger partial charge in [0.15, 0.2) is 0 Å². The fourth-order valence-corrected chi connectivity index (χ4v) is 2.66. The third-order valence-corrected chi connectivity index (χ3v) is 4.10. The lowest BCUT2D eigenvalue weighted by molar-refractivity contribution is -0.131. The van der Waals surface area contributed by atoms with E-state index in [1.54, 1.807) is 31.4 Å². The van der Waals surface area contributed by atoms with Crippen LogP contribution in [0.3, 0.4) is 0 Å². The van der Waals surface area contributed by atoms with Crippen LogP contribution in [0, 0.1) is 0 Å². The molecule has 1 heterocycles. The quantitative estimate of drug-likeness (QED) is 0.495. The number of benzene rings is 1. The smallest absolute Gasteiger partial charge is 0.325 e. The van der Waals surface area contributed by atoms with Crippen LogP contribution in [-0.4, -0.2) is 68.0 Å². The van der Waals surface area contributed by atoms with E-state index in [2.05, 4.69) is 10.6 Å². The molecule has 2 rings (SSSR count).